The van der Waals surface area contributed by atoms with Crippen LogP contribution in [0.4, 0.5) is 11.4 Å². The highest BCUT2D eigenvalue weighted by atomic mass is 16.6. The van der Waals surface area contributed by atoms with Gasteiger partial charge in [0, 0.05) is 42.5 Å². The molecule has 2 aromatic rings. The molecule has 0 bridgehead atoms. The average Bonchev–Trinajstić information content (AvgIpc) is 2.83. The number of hydrogen-bond donors (Lipinski definition) is 1. The third kappa shape index (κ3) is 2.00. The molecule has 1 unspecified atom stereocenters. The molecule has 2 N–H and O–H groups in total. The molecule has 1 saturated heterocycles. The quantitative estimate of drug-likeness (QED) is 0.654. The first-order valence-electron chi connectivity index (χ1n) is 6.19. The number of nitro benzene ring substituents is 1. The Balaban J connectivity index is 2.16. The summed E-state index contributed by atoms with van der Waals surface area (Å²) in [7, 11) is 0. The fourth-order valence-electron chi connectivity index (χ4n) is 2.58. The van der Waals surface area contributed by atoms with Gasteiger partial charge in [0.25, 0.3) is 5.69 Å². The van der Waals surface area contributed by atoms with E-state index in [1.165, 1.54) is 6.07 Å². The van der Waals surface area contributed by atoms with Crippen molar-refractivity contribution in [3.05, 3.63) is 40.6 Å². The number of fused-ring (bicyclic) bond motifs is 1. The highest BCUT2D eigenvalue weighted by Gasteiger charge is 2.22. The van der Waals surface area contributed by atoms with Gasteiger partial charge in [-0.25, -0.2) is 4.98 Å². The molecule has 6 nitrogen and oxygen atoms in total. The Hall–Kier alpha value is -2.21. The van der Waals surface area contributed by atoms with Crippen molar-refractivity contribution in [1.29, 1.82) is 0 Å². The molecule has 1 aromatic heterocycles. The van der Waals surface area contributed by atoms with Crippen molar-refractivity contribution in [2.24, 2.45) is 5.73 Å². The monoisotopic (exact) mass is 258 g/mol. The van der Waals surface area contributed by atoms with Crippen molar-refractivity contribution >= 4 is 22.3 Å². The van der Waals surface area contributed by atoms with E-state index in [9.17, 15) is 10.1 Å². The minimum Gasteiger partial charge on any atom is -0.369 e. The van der Waals surface area contributed by atoms with E-state index >= 15 is 0 Å². The van der Waals surface area contributed by atoms with Crippen LogP contribution in [0.2, 0.25) is 0 Å². The molecule has 6 heteroatoms. The van der Waals surface area contributed by atoms with Gasteiger partial charge in [0.1, 0.15) is 5.52 Å². The van der Waals surface area contributed by atoms with E-state index in [1.54, 1.807) is 12.3 Å². The molecule has 98 valence electrons. The number of nitrogens with zero attached hydrogens (tertiary/aromatic N) is 3. The second-order valence-corrected chi connectivity index (χ2v) is 4.76. The molecule has 0 amide bonds. The lowest BCUT2D eigenvalue weighted by Gasteiger charge is -2.19. The summed E-state index contributed by atoms with van der Waals surface area (Å²) in [6.45, 7) is 1.66. The number of rotatable bonds is 2. The Morgan fingerprint density at radius 1 is 1.42 bits per heavy atom. The standard InChI is InChI=1S/C13H14N4O2/c14-9-5-7-16(8-9)11-4-6-15-13-10(11)2-1-3-12(13)17(18)19/h1-4,6,9H,5,7-8,14H2. The lowest BCUT2D eigenvalue weighted by Crippen LogP contribution is -2.26. The van der Waals surface area contributed by atoms with E-state index in [1.807, 2.05) is 12.1 Å². The molecule has 0 aliphatic carbocycles. The zero-order chi connectivity index (χ0) is 13.4. The summed E-state index contributed by atoms with van der Waals surface area (Å²) < 4.78 is 0. The van der Waals surface area contributed by atoms with Crippen LogP contribution in [0.1, 0.15) is 6.42 Å². The summed E-state index contributed by atoms with van der Waals surface area (Å²) in [5, 5.41) is 11.8. The van der Waals surface area contributed by atoms with E-state index in [-0.39, 0.29) is 11.7 Å². The normalized spacial score (nSPS) is 19.0. The van der Waals surface area contributed by atoms with Gasteiger partial charge in [-0.3, -0.25) is 10.1 Å². The maximum Gasteiger partial charge on any atom is 0.295 e. The Morgan fingerprint density at radius 2 is 2.26 bits per heavy atom. The summed E-state index contributed by atoms with van der Waals surface area (Å²) in [6.07, 6.45) is 2.56. The summed E-state index contributed by atoms with van der Waals surface area (Å²) in [4.78, 5) is 17.0. The molecule has 0 saturated carbocycles. The number of hydrogen-bond acceptors (Lipinski definition) is 5. The molecular weight excluding hydrogens is 244 g/mol. The number of benzene rings is 1. The fraction of sp³-hybridized carbons (Fsp3) is 0.308. The molecule has 1 aliphatic rings. The first-order valence-corrected chi connectivity index (χ1v) is 6.19. The summed E-state index contributed by atoms with van der Waals surface area (Å²) in [6, 6.07) is 7.11. The number of nitrogens with two attached hydrogens (primary N) is 1. The highest BCUT2D eigenvalue weighted by Crippen LogP contribution is 2.32. The van der Waals surface area contributed by atoms with Crippen LogP contribution in [0, 0.1) is 10.1 Å². The van der Waals surface area contributed by atoms with E-state index < -0.39 is 4.92 Å². The number of non-ortho nitro benzene ring substituents is 1. The zero-order valence-electron chi connectivity index (χ0n) is 10.3. The van der Waals surface area contributed by atoms with Gasteiger partial charge in [-0.15, -0.1) is 0 Å². The molecule has 1 aromatic carbocycles. The van der Waals surface area contributed by atoms with Gasteiger partial charge in [0.2, 0.25) is 0 Å². The maximum atomic E-state index is 11.0. The van der Waals surface area contributed by atoms with Gasteiger partial charge < -0.3 is 10.6 Å². The number of nitro groups is 1. The lowest BCUT2D eigenvalue weighted by atomic mass is 10.1. The topological polar surface area (TPSA) is 85.3 Å². The molecule has 0 radical (unpaired) electrons. The van der Waals surface area contributed by atoms with Crippen molar-refractivity contribution in [1.82, 2.24) is 4.98 Å². The van der Waals surface area contributed by atoms with Crippen molar-refractivity contribution in [3.63, 3.8) is 0 Å². The lowest BCUT2D eigenvalue weighted by molar-refractivity contribution is -0.383. The highest BCUT2D eigenvalue weighted by molar-refractivity contribution is 5.96. The second kappa shape index (κ2) is 4.47. The second-order valence-electron chi connectivity index (χ2n) is 4.76. The molecule has 1 atom stereocenters. The van der Waals surface area contributed by atoms with Crippen molar-refractivity contribution < 1.29 is 4.92 Å². The largest absolute Gasteiger partial charge is 0.369 e. The van der Waals surface area contributed by atoms with Crippen LogP contribution in [-0.4, -0.2) is 29.0 Å². The van der Waals surface area contributed by atoms with Gasteiger partial charge in [-0.2, -0.15) is 0 Å². The van der Waals surface area contributed by atoms with E-state index in [2.05, 4.69) is 9.88 Å². The molecular formula is C13H14N4O2. The van der Waals surface area contributed by atoms with Crippen molar-refractivity contribution in [2.45, 2.75) is 12.5 Å². The molecule has 1 aliphatic heterocycles. The van der Waals surface area contributed by atoms with Crippen LogP contribution in [0.25, 0.3) is 10.9 Å². The van der Waals surface area contributed by atoms with E-state index in [0.29, 0.717) is 5.52 Å². The van der Waals surface area contributed by atoms with Gasteiger partial charge in [-0.1, -0.05) is 12.1 Å². The van der Waals surface area contributed by atoms with Crippen LogP contribution < -0.4 is 10.6 Å². The third-order valence-corrected chi connectivity index (χ3v) is 3.49. The minimum absolute atomic E-state index is 0.0443. The van der Waals surface area contributed by atoms with Crippen molar-refractivity contribution in [2.75, 3.05) is 18.0 Å². The average molecular weight is 258 g/mol. The number of aromatic nitrogens is 1. The van der Waals surface area contributed by atoms with Crippen LogP contribution in [0.5, 0.6) is 0 Å². The van der Waals surface area contributed by atoms with Gasteiger partial charge in [-0.05, 0) is 12.5 Å². The Morgan fingerprint density at radius 3 is 2.95 bits per heavy atom. The Labute approximate surface area is 110 Å². The maximum absolute atomic E-state index is 11.0. The first-order chi connectivity index (χ1) is 9.16. The SMILES string of the molecule is NC1CCN(c2ccnc3c([N+](=O)[O-])cccc23)C1. The number of pyridine rings is 1. The smallest absolute Gasteiger partial charge is 0.295 e. The number of para-hydroxylation sites is 1. The zero-order valence-corrected chi connectivity index (χ0v) is 10.3. The summed E-state index contributed by atoms with van der Waals surface area (Å²) >= 11 is 0. The molecule has 1 fully saturated rings. The van der Waals surface area contributed by atoms with Gasteiger partial charge >= 0.3 is 0 Å². The first kappa shape index (κ1) is 11.9. The minimum atomic E-state index is -0.394. The summed E-state index contributed by atoms with van der Waals surface area (Å²) in [5.41, 5.74) is 7.37. The Kier molecular flexibility index (Phi) is 2.79. The molecule has 3 rings (SSSR count). The Bertz CT molecular complexity index is 644. The van der Waals surface area contributed by atoms with Gasteiger partial charge in [0.15, 0.2) is 0 Å². The molecule has 19 heavy (non-hydrogen) atoms. The van der Waals surface area contributed by atoms with Crippen LogP contribution >= 0.6 is 0 Å². The van der Waals surface area contributed by atoms with E-state index in [0.717, 1.165) is 30.6 Å². The predicted molar refractivity (Wildman–Crippen MR) is 73.2 cm³/mol. The van der Waals surface area contributed by atoms with E-state index in [4.69, 9.17) is 5.73 Å². The van der Waals surface area contributed by atoms with Crippen LogP contribution in [-0.2, 0) is 0 Å². The van der Waals surface area contributed by atoms with Crippen LogP contribution in [0.3, 0.4) is 0 Å². The predicted octanol–water partition coefficient (Wildman–Crippen LogP) is 1.68. The summed E-state index contributed by atoms with van der Waals surface area (Å²) in [5.74, 6) is 0. The van der Waals surface area contributed by atoms with Crippen molar-refractivity contribution in [3.8, 4) is 0 Å². The fourth-order valence-corrected chi connectivity index (χ4v) is 2.58. The van der Waals surface area contributed by atoms with Gasteiger partial charge in [0.05, 0.1) is 4.92 Å². The van der Waals surface area contributed by atoms with Crippen LogP contribution in [0.15, 0.2) is 30.5 Å². The molecule has 2 heterocycles. The molecule has 0 spiro atoms. The third-order valence-electron chi connectivity index (χ3n) is 3.49. The number of anilines is 1.